The van der Waals surface area contributed by atoms with Crippen molar-refractivity contribution in [3.63, 3.8) is 0 Å². The molecule has 0 radical (unpaired) electrons. The summed E-state index contributed by atoms with van der Waals surface area (Å²) < 4.78 is 5.16. The van der Waals surface area contributed by atoms with Crippen LogP contribution in [0.2, 0.25) is 0 Å². The molecule has 0 aliphatic carbocycles. The fourth-order valence-electron chi connectivity index (χ4n) is 2.10. The van der Waals surface area contributed by atoms with Gasteiger partial charge in [0.05, 0.1) is 0 Å². The average molecular weight is 244 g/mol. The zero-order valence-corrected chi connectivity index (χ0v) is 10.2. The lowest BCUT2D eigenvalue weighted by atomic mass is 9.97. The minimum atomic E-state index is -0.807. The van der Waals surface area contributed by atoms with Crippen LogP contribution >= 0.6 is 0 Å². The number of aliphatic hydroxyl groups is 1. The standard InChI is InChI=1S/C15H16O3/c1-3-14(18-2)15(17)12-8-9-13(16)11-7-5-4-6-10(11)12/h3-9,14-17H,1H2,2H3/t14-,15-/m0/s1. The molecule has 18 heavy (non-hydrogen) atoms. The zero-order chi connectivity index (χ0) is 13.1. The van der Waals surface area contributed by atoms with Gasteiger partial charge < -0.3 is 14.9 Å². The van der Waals surface area contributed by atoms with Crippen LogP contribution in [0.15, 0.2) is 49.1 Å². The van der Waals surface area contributed by atoms with Crippen molar-refractivity contribution < 1.29 is 14.9 Å². The molecule has 0 heterocycles. The zero-order valence-electron chi connectivity index (χ0n) is 10.2. The number of methoxy groups -OCH3 is 1. The van der Waals surface area contributed by atoms with Crippen LogP contribution in [0.4, 0.5) is 0 Å². The fourth-order valence-corrected chi connectivity index (χ4v) is 2.10. The predicted octanol–water partition coefficient (Wildman–Crippen LogP) is 2.78. The second-order valence-corrected chi connectivity index (χ2v) is 4.10. The molecule has 0 saturated carbocycles. The van der Waals surface area contributed by atoms with Crippen LogP contribution in [0, 0.1) is 0 Å². The number of benzene rings is 2. The van der Waals surface area contributed by atoms with Gasteiger partial charge in [-0.1, -0.05) is 36.4 Å². The van der Waals surface area contributed by atoms with Gasteiger partial charge in [-0.3, -0.25) is 0 Å². The van der Waals surface area contributed by atoms with Crippen molar-refractivity contribution in [2.75, 3.05) is 7.11 Å². The van der Waals surface area contributed by atoms with E-state index >= 15 is 0 Å². The molecule has 0 spiro atoms. The molecular weight excluding hydrogens is 228 g/mol. The first-order valence-corrected chi connectivity index (χ1v) is 5.73. The lowest BCUT2D eigenvalue weighted by molar-refractivity contribution is 0.0170. The minimum absolute atomic E-state index is 0.203. The number of aliphatic hydroxyl groups excluding tert-OH is 1. The molecule has 2 N–H and O–H groups in total. The first kappa shape index (κ1) is 12.6. The summed E-state index contributed by atoms with van der Waals surface area (Å²) >= 11 is 0. The van der Waals surface area contributed by atoms with Gasteiger partial charge in [-0.15, -0.1) is 6.58 Å². The molecule has 94 valence electrons. The summed E-state index contributed by atoms with van der Waals surface area (Å²) in [5.41, 5.74) is 0.718. The quantitative estimate of drug-likeness (QED) is 0.813. The Kier molecular flexibility index (Phi) is 3.65. The van der Waals surface area contributed by atoms with Crippen LogP contribution in [0.25, 0.3) is 10.8 Å². The highest BCUT2D eigenvalue weighted by Gasteiger charge is 2.20. The van der Waals surface area contributed by atoms with E-state index in [1.165, 1.54) is 7.11 Å². The van der Waals surface area contributed by atoms with Crippen LogP contribution in [0.3, 0.4) is 0 Å². The third-order valence-electron chi connectivity index (χ3n) is 3.07. The van der Waals surface area contributed by atoms with E-state index in [1.807, 2.05) is 24.3 Å². The average Bonchev–Trinajstić information content (AvgIpc) is 2.41. The van der Waals surface area contributed by atoms with Crippen LogP contribution in [0.5, 0.6) is 5.75 Å². The summed E-state index contributed by atoms with van der Waals surface area (Å²) in [5.74, 6) is 0.203. The van der Waals surface area contributed by atoms with E-state index in [2.05, 4.69) is 6.58 Å². The van der Waals surface area contributed by atoms with E-state index in [0.29, 0.717) is 5.39 Å². The van der Waals surface area contributed by atoms with E-state index in [0.717, 1.165) is 10.9 Å². The molecule has 0 aromatic heterocycles. The predicted molar refractivity (Wildman–Crippen MR) is 71.6 cm³/mol. The Hall–Kier alpha value is -1.84. The third-order valence-corrected chi connectivity index (χ3v) is 3.07. The number of ether oxygens (including phenoxy) is 1. The van der Waals surface area contributed by atoms with E-state index in [1.54, 1.807) is 18.2 Å². The molecule has 0 saturated heterocycles. The molecule has 3 heteroatoms. The Morgan fingerprint density at radius 3 is 2.44 bits per heavy atom. The molecule has 0 aliphatic heterocycles. The Morgan fingerprint density at radius 2 is 1.83 bits per heavy atom. The molecule has 3 nitrogen and oxygen atoms in total. The van der Waals surface area contributed by atoms with Gasteiger partial charge in [0.25, 0.3) is 0 Å². The lowest BCUT2D eigenvalue weighted by Crippen LogP contribution is -2.18. The van der Waals surface area contributed by atoms with Gasteiger partial charge in [0.2, 0.25) is 0 Å². The van der Waals surface area contributed by atoms with Crippen molar-refractivity contribution in [3.8, 4) is 5.75 Å². The summed E-state index contributed by atoms with van der Waals surface area (Å²) in [6.45, 7) is 3.64. The number of rotatable bonds is 4. The first-order chi connectivity index (χ1) is 8.69. The topological polar surface area (TPSA) is 49.7 Å². The van der Waals surface area contributed by atoms with Crippen LogP contribution < -0.4 is 0 Å². The summed E-state index contributed by atoms with van der Waals surface area (Å²) in [4.78, 5) is 0. The summed E-state index contributed by atoms with van der Waals surface area (Å²) in [7, 11) is 1.53. The van der Waals surface area contributed by atoms with E-state index in [9.17, 15) is 10.2 Å². The fraction of sp³-hybridized carbons (Fsp3) is 0.200. The molecule has 2 rings (SSSR count). The molecular formula is C15H16O3. The number of fused-ring (bicyclic) bond motifs is 1. The monoisotopic (exact) mass is 244 g/mol. The van der Waals surface area contributed by atoms with Crippen molar-refractivity contribution in [1.82, 2.24) is 0 Å². The summed E-state index contributed by atoms with van der Waals surface area (Å²) in [5, 5.41) is 21.6. The molecule has 2 aromatic rings. The highest BCUT2D eigenvalue weighted by molar-refractivity contribution is 5.91. The van der Waals surface area contributed by atoms with E-state index in [4.69, 9.17) is 4.74 Å². The van der Waals surface area contributed by atoms with Gasteiger partial charge >= 0.3 is 0 Å². The molecule has 2 aromatic carbocycles. The van der Waals surface area contributed by atoms with Gasteiger partial charge in [-0.25, -0.2) is 0 Å². The molecule has 0 aliphatic rings. The largest absolute Gasteiger partial charge is 0.507 e. The summed E-state index contributed by atoms with van der Waals surface area (Å²) in [6, 6.07) is 10.7. The second-order valence-electron chi connectivity index (χ2n) is 4.10. The maximum Gasteiger partial charge on any atom is 0.123 e. The van der Waals surface area contributed by atoms with Crippen LogP contribution in [0.1, 0.15) is 11.7 Å². The summed E-state index contributed by atoms with van der Waals surface area (Å²) in [6.07, 6.45) is 0.280. The number of phenols is 1. The van der Waals surface area contributed by atoms with E-state index < -0.39 is 12.2 Å². The maximum atomic E-state index is 10.3. The highest BCUT2D eigenvalue weighted by atomic mass is 16.5. The smallest absolute Gasteiger partial charge is 0.123 e. The lowest BCUT2D eigenvalue weighted by Gasteiger charge is -2.20. The van der Waals surface area contributed by atoms with Gasteiger partial charge in [0.15, 0.2) is 0 Å². The Morgan fingerprint density at radius 1 is 1.17 bits per heavy atom. The first-order valence-electron chi connectivity index (χ1n) is 5.73. The number of hydrogen-bond acceptors (Lipinski definition) is 3. The Bertz CT molecular complexity index is 563. The number of aromatic hydroxyl groups is 1. The van der Waals surface area contributed by atoms with E-state index in [-0.39, 0.29) is 5.75 Å². The van der Waals surface area contributed by atoms with Crippen molar-refractivity contribution >= 4 is 10.8 Å². The number of hydrogen-bond donors (Lipinski definition) is 2. The molecule has 0 fully saturated rings. The molecule has 2 atom stereocenters. The third kappa shape index (κ3) is 2.10. The van der Waals surface area contributed by atoms with Gasteiger partial charge in [-0.2, -0.15) is 0 Å². The maximum absolute atomic E-state index is 10.3. The van der Waals surface area contributed by atoms with Crippen molar-refractivity contribution in [1.29, 1.82) is 0 Å². The van der Waals surface area contributed by atoms with Crippen molar-refractivity contribution in [3.05, 3.63) is 54.6 Å². The molecule has 0 bridgehead atoms. The van der Waals surface area contributed by atoms with Crippen LogP contribution in [-0.4, -0.2) is 23.4 Å². The van der Waals surface area contributed by atoms with Crippen LogP contribution in [-0.2, 0) is 4.74 Å². The van der Waals surface area contributed by atoms with Gasteiger partial charge in [-0.05, 0) is 17.0 Å². The SMILES string of the molecule is C=C[C@H](OC)[C@@H](O)c1ccc(O)c2ccccc12. The molecule has 0 unspecified atom stereocenters. The van der Waals surface area contributed by atoms with Crippen molar-refractivity contribution in [2.24, 2.45) is 0 Å². The highest BCUT2D eigenvalue weighted by Crippen LogP contribution is 2.32. The van der Waals surface area contributed by atoms with Gasteiger partial charge in [0.1, 0.15) is 18.0 Å². The number of phenolic OH excluding ortho intramolecular Hbond substituents is 1. The normalized spacial score (nSPS) is 14.3. The Balaban J connectivity index is 2.58. The second kappa shape index (κ2) is 5.21. The Labute approximate surface area is 106 Å². The van der Waals surface area contributed by atoms with Crippen molar-refractivity contribution in [2.45, 2.75) is 12.2 Å². The minimum Gasteiger partial charge on any atom is -0.507 e. The molecule has 0 amide bonds. The van der Waals surface area contributed by atoms with Gasteiger partial charge in [0, 0.05) is 12.5 Å².